The molecule has 0 aromatic heterocycles. The highest BCUT2D eigenvalue weighted by atomic mass is 16.8. The van der Waals surface area contributed by atoms with E-state index in [1.54, 1.807) is 0 Å². The maximum atomic E-state index is 14.7. The highest BCUT2D eigenvalue weighted by molar-refractivity contribution is 5.87. The summed E-state index contributed by atoms with van der Waals surface area (Å²) in [5.41, 5.74) is -0.149. The van der Waals surface area contributed by atoms with Gasteiger partial charge in [-0.05, 0) is 61.2 Å². The molecule has 6 saturated heterocycles. The summed E-state index contributed by atoms with van der Waals surface area (Å²) in [5, 5.41) is 141. The SMILES string of the molecule is CC1CCC2(OC1)OC1CC3C4CC=C5CC(OC6OC(CO)C(OC7OC(CO)C(O)C(OC8OCC(O)C(O)C8O)C7OC7OC(CO)C(O)C(O)C7O)C(O)C6O)C(O)CC5(C)C4CC(=O)C3(C)C1C2C. The molecule has 4 aliphatic carbocycles. The summed E-state index contributed by atoms with van der Waals surface area (Å²) in [6, 6.07) is 0. The van der Waals surface area contributed by atoms with Gasteiger partial charge in [0.1, 0.15) is 97.3 Å². The smallest absolute Gasteiger partial charge is 0.187 e. The van der Waals surface area contributed by atoms with Gasteiger partial charge in [0.15, 0.2) is 30.9 Å². The molecule has 31 atom stereocenters. The predicted molar refractivity (Wildman–Crippen MR) is 244 cm³/mol. The van der Waals surface area contributed by atoms with Gasteiger partial charge in [0.25, 0.3) is 0 Å². The van der Waals surface area contributed by atoms with E-state index in [1.165, 1.54) is 0 Å². The lowest BCUT2D eigenvalue weighted by molar-refractivity contribution is -0.404. The molecule has 9 fully saturated rings. The van der Waals surface area contributed by atoms with Crippen LogP contribution in [0.3, 0.4) is 0 Å². The van der Waals surface area contributed by atoms with Crippen molar-refractivity contribution in [2.24, 2.45) is 46.3 Å². The number of carbonyl (C=O) groups is 1. The van der Waals surface area contributed by atoms with E-state index in [9.17, 15) is 71.2 Å². The fraction of sp³-hybridized carbons (Fsp3) is 0.940. The quantitative estimate of drug-likeness (QED) is 0.0873. The monoisotopic (exact) mass is 1060 g/mol. The maximum Gasteiger partial charge on any atom is 0.187 e. The summed E-state index contributed by atoms with van der Waals surface area (Å²) in [6.45, 7) is 6.05. The van der Waals surface area contributed by atoms with Crippen molar-refractivity contribution in [3.8, 4) is 0 Å². The number of ether oxygens (including phenoxy) is 10. The molecule has 24 nitrogen and oxygen atoms in total. The minimum absolute atomic E-state index is 0.0359. The van der Waals surface area contributed by atoms with Gasteiger partial charge in [-0.2, -0.15) is 0 Å². The lowest BCUT2D eigenvalue weighted by Gasteiger charge is -2.58. The largest absolute Gasteiger partial charge is 0.394 e. The van der Waals surface area contributed by atoms with Crippen LogP contribution < -0.4 is 0 Å². The number of aliphatic hydroxyl groups excluding tert-OH is 13. The molecule has 1 spiro atoms. The molecule has 0 aromatic rings. The van der Waals surface area contributed by atoms with Crippen LogP contribution in [-0.4, -0.2) is 246 Å². The molecule has 6 aliphatic heterocycles. The number of fused-ring (bicyclic) bond motifs is 7. The number of carbonyl (C=O) groups excluding carboxylic acids is 1. The fourth-order valence-corrected chi connectivity index (χ4v) is 15.0. The van der Waals surface area contributed by atoms with Crippen molar-refractivity contribution >= 4 is 5.78 Å². The Morgan fingerprint density at radius 2 is 1.26 bits per heavy atom. The van der Waals surface area contributed by atoms with E-state index < -0.39 is 172 Å². The van der Waals surface area contributed by atoms with Gasteiger partial charge < -0.3 is 114 Å². The molecule has 31 unspecified atom stereocenters. The van der Waals surface area contributed by atoms with Gasteiger partial charge in [0.2, 0.25) is 0 Å². The number of allylic oxidation sites excluding steroid dienone is 1. The Kier molecular flexibility index (Phi) is 16.0. The van der Waals surface area contributed by atoms with Crippen molar-refractivity contribution < 1.29 is 119 Å². The van der Waals surface area contributed by atoms with E-state index in [1.807, 2.05) is 0 Å². The fourth-order valence-electron chi connectivity index (χ4n) is 15.0. The first kappa shape index (κ1) is 55.8. The van der Waals surface area contributed by atoms with Crippen molar-refractivity contribution in [1.29, 1.82) is 0 Å². The summed E-state index contributed by atoms with van der Waals surface area (Å²) >= 11 is 0. The predicted octanol–water partition coefficient (Wildman–Crippen LogP) is -4.20. The van der Waals surface area contributed by atoms with Crippen molar-refractivity contribution in [3.05, 3.63) is 11.6 Å². The Bertz CT molecular complexity index is 2010. The third-order valence-corrected chi connectivity index (χ3v) is 19.3. The molecule has 13 N–H and O–H groups in total. The van der Waals surface area contributed by atoms with E-state index >= 15 is 0 Å². The Morgan fingerprint density at radius 1 is 0.635 bits per heavy atom. The third kappa shape index (κ3) is 9.19. The summed E-state index contributed by atoms with van der Waals surface area (Å²) in [5.74, 6) is 0.301. The Morgan fingerprint density at radius 3 is 1.95 bits per heavy atom. The van der Waals surface area contributed by atoms with Crippen LogP contribution in [0.4, 0.5) is 0 Å². The Balaban J connectivity index is 0.845. The molecule has 6 heterocycles. The average Bonchev–Trinajstić information content (AvgIpc) is 3.83. The second-order valence-corrected chi connectivity index (χ2v) is 23.5. The molecule has 0 aromatic carbocycles. The topological polar surface area (TPSA) is 372 Å². The molecule has 74 heavy (non-hydrogen) atoms. The maximum absolute atomic E-state index is 14.7. The second-order valence-electron chi connectivity index (χ2n) is 23.5. The Hall–Kier alpha value is -1.51. The zero-order valence-corrected chi connectivity index (χ0v) is 42.0. The lowest BCUT2D eigenvalue weighted by atomic mass is 9.46. The summed E-state index contributed by atoms with van der Waals surface area (Å²) in [7, 11) is 0. The van der Waals surface area contributed by atoms with E-state index in [0.29, 0.717) is 18.9 Å². The minimum atomic E-state index is -2.04. The molecule has 0 amide bonds. The zero-order valence-electron chi connectivity index (χ0n) is 42.0. The molecule has 3 saturated carbocycles. The van der Waals surface area contributed by atoms with Crippen molar-refractivity contribution in [1.82, 2.24) is 0 Å². The molecule has 0 bridgehead atoms. The molecule has 0 radical (unpaired) electrons. The van der Waals surface area contributed by atoms with E-state index in [2.05, 4.69) is 33.8 Å². The zero-order chi connectivity index (χ0) is 53.1. The standard InChI is InChI=1S/C50H78O24/c1-18-7-8-50(66-16-18)19(2)32-27(74-50)10-23-21-6-5-20-9-26(24(54)12-48(20,3)22(21)11-31(56)49(23,32)4)67-45-40(64)37(61)41(30(15-53)70-45)71-47-43(73-46-39(63)36(60)34(58)28(13-51)68-46)42(35(59)29(14-52)69-47)72-44-38(62)33(57)25(55)17-65-44/h5,18-19,21-30,32-47,51-55,57-64H,6-17H2,1-4H3. The van der Waals surface area contributed by atoms with Crippen molar-refractivity contribution in [2.75, 3.05) is 33.0 Å². The summed E-state index contributed by atoms with van der Waals surface area (Å²) in [6.07, 6.45) is -30.2. The number of Topliss-reactive ketones (excluding diaryl/α,β-unsaturated/α-hetero) is 1. The van der Waals surface area contributed by atoms with Crippen molar-refractivity contribution in [3.63, 3.8) is 0 Å². The molecular formula is C50H78O24. The van der Waals surface area contributed by atoms with E-state index in [0.717, 1.165) is 31.3 Å². The molecule has 422 valence electrons. The van der Waals surface area contributed by atoms with Gasteiger partial charge in [-0.3, -0.25) is 4.79 Å². The highest BCUT2D eigenvalue weighted by Gasteiger charge is 2.72. The number of ketones is 1. The van der Waals surface area contributed by atoms with Gasteiger partial charge >= 0.3 is 0 Å². The van der Waals surface area contributed by atoms with Gasteiger partial charge in [0, 0.05) is 30.1 Å². The number of hydrogen-bond donors (Lipinski definition) is 13. The lowest BCUT2D eigenvalue weighted by Crippen LogP contribution is -2.68. The second kappa shape index (κ2) is 21.2. The van der Waals surface area contributed by atoms with Crippen molar-refractivity contribution in [2.45, 2.75) is 213 Å². The van der Waals surface area contributed by atoms with Crippen LogP contribution in [0, 0.1) is 46.3 Å². The molecular weight excluding hydrogens is 985 g/mol. The Labute approximate surface area is 427 Å². The van der Waals surface area contributed by atoms with E-state index in [-0.39, 0.29) is 54.3 Å². The first-order valence-electron chi connectivity index (χ1n) is 26.5. The highest BCUT2D eigenvalue weighted by Crippen LogP contribution is 2.70. The molecule has 24 heteroatoms. The average molecular weight is 1060 g/mol. The van der Waals surface area contributed by atoms with Crippen LogP contribution in [0.15, 0.2) is 11.6 Å². The van der Waals surface area contributed by atoms with Gasteiger partial charge in [-0.15, -0.1) is 0 Å². The summed E-state index contributed by atoms with van der Waals surface area (Å²) in [4.78, 5) is 14.7. The van der Waals surface area contributed by atoms with E-state index in [4.69, 9.17) is 47.4 Å². The van der Waals surface area contributed by atoms with Crippen LogP contribution in [0.2, 0.25) is 0 Å². The first-order chi connectivity index (χ1) is 35.1. The third-order valence-electron chi connectivity index (χ3n) is 19.3. The van der Waals surface area contributed by atoms with Crippen LogP contribution in [0.5, 0.6) is 0 Å². The van der Waals surface area contributed by atoms with Crippen LogP contribution in [-0.2, 0) is 52.2 Å². The number of rotatable bonds is 11. The van der Waals surface area contributed by atoms with Crippen LogP contribution in [0.1, 0.15) is 72.6 Å². The molecule has 10 aliphatic rings. The summed E-state index contributed by atoms with van der Waals surface area (Å²) < 4.78 is 60.6. The first-order valence-corrected chi connectivity index (χ1v) is 26.5. The van der Waals surface area contributed by atoms with Gasteiger partial charge in [0.05, 0.1) is 51.3 Å². The van der Waals surface area contributed by atoms with Crippen LogP contribution in [0.25, 0.3) is 0 Å². The normalized spacial score (nSPS) is 56.6. The number of hydrogen-bond acceptors (Lipinski definition) is 24. The minimum Gasteiger partial charge on any atom is -0.394 e. The number of aliphatic hydroxyl groups is 13. The molecule has 10 rings (SSSR count). The van der Waals surface area contributed by atoms with Gasteiger partial charge in [-0.25, -0.2) is 0 Å². The van der Waals surface area contributed by atoms with Crippen LogP contribution >= 0.6 is 0 Å². The van der Waals surface area contributed by atoms with Gasteiger partial charge in [-0.1, -0.05) is 39.3 Å².